The predicted molar refractivity (Wildman–Crippen MR) is 143 cm³/mol. The number of esters is 5. The van der Waals surface area contributed by atoms with Crippen LogP contribution in [0.15, 0.2) is 23.8 Å². The molecule has 12 heteroatoms. The molecular weight excluding hydrogens is 564 g/mol. The van der Waals surface area contributed by atoms with E-state index < -0.39 is 92.6 Å². The van der Waals surface area contributed by atoms with E-state index in [-0.39, 0.29) is 30.4 Å². The molecule has 6 rings (SSSR count). The van der Waals surface area contributed by atoms with Crippen molar-refractivity contribution in [3.8, 4) is 0 Å². The summed E-state index contributed by atoms with van der Waals surface area (Å²) in [5.74, 6) is -4.95. The van der Waals surface area contributed by atoms with Crippen LogP contribution in [0.4, 0.5) is 0 Å². The maximum absolute atomic E-state index is 14.9. The van der Waals surface area contributed by atoms with Crippen LogP contribution in [0.2, 0.25) is 0 Å². The molecular formula is C31H36O12. The molecule has 0 radical (unpaired) electrons. The van der Waals surface area contributed by atoms with Crippen molar-refractivity contribution < 1.29 is 57.2 Å². The van der Waals surface area contributed by atoms with Crippen LogP contribution in [0.1, 0.15) is 74.7 Å². The van der Waals surface area contributed by atoms with Crippen molar-refractivity contribution in [3.63, 3.8) is 0 Å². The van der Waals surface area contributed by atoms with Crippen molar-refractivity contribution in [1.29, 1.82) is 0 Å². The van der Waals surface area contributed by atoms with Crippen LogP contribution in [-0.4, -0.2) is 76.3 Å². The van der Waals surface area contributed by atoms with E-state index in [1.54, 1.807) is 33.8 Å². The second kappa shape index (κ2) is 8.13. The van der Waals surface area contributed by atoms with Crippen LogP contribution >= 0.6 is 0 Å². The van der Waals surface area contributed by atoms with Gasteiger partial charge in [-0.15, -0.1) is 0 Å². The summed E-state index contributed by atoms with van der Waals surface area (Å²) >= 11 is 0. The van der Waals surface area contributed by atoms with E-state index in [9.17, 15) is 28.8 Å². The maximum atomic E-state index is 14.9. The van der Waals surface area contributed by atoms with Gasteiger partial charge in [0.2, 0.25) is 17.0 Å². The zero-order chi connectivity index (χ0) is 31.9. The van der Waals surface area contributed by atoms with Crippen LogP contribution in [0, 0.1) is 16.2 Å². The van der Waals surface area contributed by atoms with E-state index in [1.165, 1.54) is 20.8 Å². The van der Waals surface area contributed by atoms with Crippen molar-refractivity contribution in [2.24, 2.45) is 16.2 Å². The summed E-state index contributed by atoms with van der Waals surface area (Å²) in [4.78, 5) is 82.1. The molecule has 0 amide bonds. The quantitative estimate of drug-likeness (QED) is 0.153. The summed E-state index contributed by atoms with van der Waals surface area (Å²) in [6, 6.07) is 0. The molecule has 3 bridgehead atoms. The molecule has 2 spiro atoms. The zero-order valence-corrected chi connectivity index (χ0v) is 25.5. The Morgan fingerprint density at radius 2 is 1.63 bits per heavy atom. The number of hydrogen-bond acceptors (Lipinski definition) is 12. The van der Waals surface area contributed by atoms with Crippen LogP contribution in [0.3, 0.4) is 0 Å². The predicted octanol–water partition coefficient (Wildman–Crippen LogP) is 2.20. The first-order valence-corrected chi connectivity index (χ1v) is 14.4. The molecule has 0 aromatic rings. The fraction of sp³-hybridized carbons (Fsp3) is 0.677. The Labute approximate surface area is 248 Å². The van der Waals surface area contributed by atoms with Gasteiger partial charge in [0.1, 0.15) is 23.4 Å². The fourth-order valence-corrected chi connectivity index (χ4v) is 9.40. The fourth-order valence-electron chi connectivity index (χ4n) is 9.40. The second-order valence-electron chi connectivity index (χ2n) is 13.5. The molecule has 232 valence electrons. The topological polar surface area (TPSA) is 158 Å². The minimum atomic E-state index is -2.37. The molecule has 6 aliphatic rings. The molecule has 9 atom stereocenters. The van der Waals surface area contributed by atoms with Crippen molar-refractivity contribution >= 4 is 35.6 Å². The van der Waals surface area contributed by atoms with E-state index in [4.69, 9.17) is 28.4 Å². The largest absolute Gasteiger partial charge is 0.459 e. The average molecular weight is 601 g/mol. The van der Waals surface area contributed by atoms with Gasteiger partial charge in [0.15, 0.2) is 11.5 Å². The summed E-state index contributed by atoms with van der Waals surface area (Å²) < 4.78 is 36.4. The lowest BCUT2D eigenvalue weighted by Gasteiger charge is -2.68. The van der Waals surface area contributed by atoms with E-state index in [2.05, 4.69) is 6.58 Å². The number of fused-ring (bicyclic) bond motifs is 1. The summed E-state index contributed by atoms with van der Waals surface area (Å²) in [6.07, 6.45) is -2.66. The number of hydrogen-bond donors (Lipinski definition) is 0. The van der Waals surface area contributed by atoms with Gasteiger partial charge in [-0.2, -0.15) is 0 Å². The number of carbonyl (C=O) groups is 6. The molecule has 4 heterocycles. The van der Waals surface area contributed by atoms with Crippen LogP contribution in [0.25, 0.3) is 0 Å². The molecule has 0 aromatic heterocycles. The van der Waals surface area contributed by atoms with Crippen LogP contribution < -0.4 is 0 Å². The van der Waals surface area contributed by atoms with Gasteiger partial charge in [-0.25, -0.2) is 9.59 Å². The highest BCUT2D eigenvalue weighted by Gasteiger charge is 3.03. The lowest BCUT2D eigenvalue weighted by molar-refractivity contribution is -0.274. The highest BCUT2D eigenvalue weighted by molar-refractivity contribution is 6.21. The number of rotatable bonds is 3. The first-order chi connectivity index (χ1) is 19.8. The Morgan fingerprint density at radius 1 is 0.977 bits per heavy atom. The van der Waals surface area contributed by atoms with E-state index in [1.807, 2.05) is 0 Å². The third kappa shape index (κ3) is 2.71. The number of Topliss-reactive ketones (excluding diaryl/α,β-unsaturated/α-hetero) is 1. The Bertz CT molecular complexity index is 1490. The first kappa shape index (κ1) is 29.5. The summed E-state index contributed by atoms with van der Waals surface area (Å²) in [5, 5.41) is 0. The number of carbonyl (C=O) groups excluding carboxylic acids is 6. The third-order valence-electron chi connectivity index (χ3n) is 11.6. The average Bonchev–Trinajstić information content (AvgIpc) is 3.23. The molecule has 2 aliphatic carbocycles. The normalized spacial score (nSPS) is 47.4. The Hall–Kier alpha value is -3.54. The highest BCUT2D eigenvalue weighted by Crippen LogP contribution is 2.82. The monoisotopic (exact) mass is 600 g/mol. The summed E-state index contributed by atoms with van der Waals surface area (Å²) in [7, 11) is 0. The number of cyclic esters (lactones) is 2. The molecule has 0 N–H and O–H groups in total. The van der Waals surface area contributed by atoms with Crippen LogP contribution in [0.5, 0.6) is 0 Å². The molecule has 12 nitrogen and oxygen atoms in total. The van der Waals surface area contributed by atoms with Gasteiger partial charge in [-0.3, -0.25) is 19.2 Å². The molecule has 4 saturated heterocycles. The van der Waals surface area contributed by atoms with E-state index >= 15 is 0 Å². The van der Waals surface area contributed by atoms with Gasteiger partial charge in [0.25, 0.3) is 0 Å². The molecule has 0 aromatic carbocycles. The van der Waals surface area contributed by atoms with Crippen molar-refractivity contribution in [1.82, 2.24) is 0 Å². The lowest BCUT2D eigenvalue weighted by atomic mass is 9.35. The van der Waals surface area contributed by atoms with Gasteiger partial charge in [-0.05, 0) is 60.0 Å². The summed E-state index contributed by atoms with van der Waals surface area (Å²) in [5.41, 5.74) is -12.8. The highest BCUT2D eigenvalue weighted by atomic mass is 16.7. The third-order valence-corrected chi connectivity index (χ3v) is 11.6. The summed E-state index contributed by atoms with van der Waals surface area (Å²) in [6.45, 7) is 16.4. The van der Waals surface area contributed by atoms with Gasteiger partial charge in [-0.1, -0.05) is 19.6 Å². The first-order valence-electron chi connectivity index (χ1n) is 14.4. The lowest BCUT2D eigenvalue weighted by Crippen LogP contribution is -2.85. The van der Waals surface area contributed by atoms with Gasteiger partial charge < -0.3 is 28.4 Å². The van der Waals surface area contributed by atoms with Crippen molar-refractivity contribution in [2.45, 2.75) is 115 Å². The van der Waals surface area contributed by atoms with Crippen molar-refractivity contribution in [2.75, 3.05) is 0 Å². The number of ketones is 1. The van der Waals surface area contributed by atoms with Gasteiger partial charge >= 0.3 is 29.8 Å². The Kier molecular flexibility index (Phi) is 5.59. The molecule has 4 aliphatic heterocycles. The van der Waals surface area contributed by atoms with Gasteiger partial charge in [0.05, 0.1) is 5.41 Å². The second-order valence-corrected chi connectivity index (χ2v) is 13.5. The number of ether oxygens (including phenoxy) is 6. The SMILES string of the molecule is C=C1C2(CCC(=O)OC2(C)C)CC(OC(=O)C(C)=CC)C2(C)C13OC14C(=O)OC(C)(C(=O)C12C(=O)OC4C)C3OC(C)=O. The van der Waals surface area contributed by atoms with Crippen molar-refractivity contribution in [3.05, 3.63) is 23.8 Å². The zero-order valence-electron chi connectivity index (χ0n) is 25.5. The van der Waals surface area contributed by atoms with Gasteiger partial charge in [0, 0.05) is 24.3 Å². The number of allylic oxidation sites excluding steroid dienone is 1. The maximum Gasteiger partial charge on any atom is 0.345 e. The van der Waals surface area contributed by atoms with E-state index in [0.29, 0.717) is 0 Å². The van der Waals surface area contributed by atoms with E-state index in [0.717, 1.165) is 6.92 Å². The molecule has 9 unspecified atom stereocenters. The standard InChI is InChI=1S/C31H36O12/c1-10-14(2)20(34)40-18-13-28(12-11-19(33)41-25(28,6)7)15(3)30-22(39-17(5)32)26(8)21(35)29(27(18,30)9)23(36)38-16(4)31(29,43-30)24(37)42-26/h10,16,18,22H,3,11-13H2,1-2,4-9H3. The minimum absolute atomic E-state index is 0.0254. The minimum Gasteiger partial charge on any atom is -0.459 e. The smallest absolute Gasteiger partial charge is 0.345 e. The molecule has 43 heavy (non-hydrogen) atoms. The molecule has 6 fully saturated rings. The molecule has 2 saturated carbocycles. The Morgan fingerprint density at radius 3 is 2.21 bits per heavy atom. The Balaban J connectivity index is 1.76. The van der Waals surface area contributed by atoms with Crippen LogP contribution in [-0.2, 0) is 57.2 Å².